The third kappa shape index (κ3) is 8.78. The van der Waals surface area contributed by atoms with Gasteiger partial charge in [-0.3, -0.25) is 0 Å². The standard InChI is InChI=1S/C28H46BNO5/c1-19(18-28(6,7)13-15-34-20(2)29)10-11-23-22-17-25(33-9)24(32-8)16-21(22)12-14-30(23)26(31)35-27(3,4)5/h16-17,20,23H,1,10-15,18,29H2,2-9H3/t20?,23-/m1/s1. The van der Waals surface area contributed by atoms with Crippen molar-refractivity contribution in [1.82, 2.24) is 4.90 Å². The molecule has 0 spiro atoms. The molecule has 1 aromatic carbocycles. The second-order valence-corrected chi connectivity index (χ2v) is 11.6. The van der Waals surface area contributed by atoms with Gasteiger partial charge >= 0.3 is 6.09 Å². The van der Waals surface area contributed by atoms with Crippen molar-refractivity contribution in [3.63, 3.8) is 0 Å². The summed E-state index contributed by atoms with van der Waals surface area (Å²) in [5, 5.41) is 0. The van der Waals surface area contributed by atoms with Crippen LogP contribution >= 0.6 is 0 Å². The molecule has 0 bridgehead atoms. The van der Waals surface area contributed by atoms with Gasteiger partial charge in [0.2, 0.25) is 0 Å². The maximum absolute atomic E-state index is 13.2. The topological polar surface area (TPSA) is 57.2 Å². The SMILES string of the molecule is BC(C)OCCC(C)(C)CC(=C)CC[C@@H]1c2cc(OC)c(OC)cc2CCN1C(=O)OC(C)(C)C. The monoisotopic (exact) mass is 487 g/mol. The highest BCUT2D eigenvalue weighted by atomic mass is 16.6. The van der Waals surface area contributed by atoms with Gasteiger partial charge in [-0.25, -0.2) is 4.79 Å². The summed E-state index contributed by atoms with van der Waals surface area (Å²) in [5.74, 6) is 1.39. The van der Waals surface area contributed by atoms with Crippen molar-refractivity contribution in [3.05, 3.63) is 35.4 Å². The van der Waals surface area contributed by atoms with Crippen LogP contribution in [0.25, 0.3) is 0 Å². The average molecular weight is 487 g/mol. The third-order valence-electron chi connectivity index (χ3n) is 6.36. The lowest BCUT2D eigenvalue weighted by Gasteiger charge is -2.39. The van der Waals surface area contributed by atoms with Crippen molar-refractivity contribution < 1.29 is 23.7 Å². The predicted octanol–water partition coefficient (Wildman–Crippen LogP) is 5.68. The maximum Gasteiger partial charge on any atom is 0.410 e. The Labute approximate surface area is 213 Å². The zero-order chi connectivity index (χ0) is 26.4. The highest BCUT2D eigenvalue weighted by Gasteiger charge is 2.34. The lowest BCUT2D eigenvalue weighted by atomic mass is 9.81. The van der Waals surface area contributed by atoms with Gasteiger partial charge in [-0.05, 0) is 88.5 Å². The van der Waals surface area contributed by atoms with Crippen LogP contribution in [0.2, 0.25) is 0 Å². The molecule has 196 valence electrons. The van der Waals surface area contributed by atoms with Crippen LogP contribution in [0.1, 0.15) is 84.4 Å². The van der Waals surface area contributed by atoms with Crippen LogP contribution in [0.4, 0.5) is 4.79 Å². The second kappa shape index (κ2) is 12.2. The molecular formula is C28H46BNO5. The lowest BCUT2D eigenvalue weighted by Crippen LogP contribution is -2.43. The van der Waals surface area contributed by atoms with E-state index in [1.807, 2.05) is 37.8 Å². The number of fused-ring (bicyclic) bond motifs is 1. The molecule has 1 unspecified atom stereocenters. The zero-order valence-electron chi connectivity index (χ0n) is 23.5. The van der Waals surface area contributed by atoms with E-state index in [1.165, 1.54) is 11.1 Å². The summed E-state index contributed by atoms with van der Waals surface area (Å²) in [6.45, 7) is 18.0. The van der Waals surface area contributed by atoms with Gasteiger partial charge in [0.05, 0.1) is 20.3 Å². The fourth-order valence-electron chi connectivity index (χ4n) is 4.64. The van der Waals surface area contributed by atoms with E-state index in [1.54, 1.807) is 14.2 Å². The van der Waals surface area contributed by atoms with Crippen molar-refractivity contribution in [2.75, 3.05) is 27.4 Å². The number of ether oxygens (including phenoxy) is 4. The molecule has 2 atom stereocenters. The molecule has 0 aromatic heterocycles. The van der Waals surface area contributed by atoms with E-state index in [-0.39, 0.29) is 23.6 Å². The molecular weight excluding hydrogens is 441 g/mol. The van der Waals surface area contributed by atoms with Crippen molar-refractivity contribution in [1.29, 1.82) is 0 Å². The van der Waals surface area contributed by atoms with Crippen molar-refractivity contribution in [3.8, 4) is 11.5 Å². The molecule has 0 fully saturated rings. The molecule has 1 aliphatic heterocycles. The van der Waals surface area contributed by atoms with Crippen LogP contribution in [0.3, 0.4) is 0 Å². The van der Waals surface area contributed by atoms with Gasteiger partial charge in [-0.2, -0.15) is 0 Å². The number of benzene rings is 1. The van der Waals surface area contributed by atoms with Crippen LogP contribution in [0.15, 0.2) is 24.3 Å². The van der Waals surface area contributed by atoms with Gasteiger partial charge in [0.25, 0.3) is 0 Å². The van der Waals surface area contributed by atoms with Gasteiger partial charge in [-0.1, -0.05) is 26.0 Å². The van der Waals surface area contributed by atoms with E-state index < -0.39 is 5.60 Å². The van der Waals surface area contributed by atoms with Crippen LogP contribution in [-0.2, 0) is 15.9 Å². The summed E-state index contributed by atoms with van der Waals surface area (Å²) in [6.07, 6.45) is 3.98. The Morgan fingerprint density at radius 3 is 2.37 bits per heavy atom. The van der Waals surface area contributed by atoms with Crippen LogP contribution in [0, 0.1) is 5.41 Å². The summed E-state index contributed by atoms with van der Waals surface area (Å²) >= 11 is 0. The number of hydrogen-bond donors (Lipinski definition) is 0. The molecule has 1 heterocycles. The zero-order valence-corrected chi connectivity index (χ0v) is 23.5. The number of hydrogen-bond acceptors (Lipinski definition) is 5. The highest BCUT2D eigenvalue weighted by Crippen LogP contribution is 2.41. The molecule has 6 nitrogen and oxygen atoms in total. The molecule has 1 aromatic rings. The normalized spacial score (nSPS) is 16.9. The summed E-state index contributed by atoms with van der Waals surface area (Å²) in [6, 6.07) is 4.19. The largest absolute Gasteiger partial charge is 0.493 e. The minimum Gasteiger partial charge on any atom is -0.493 e. The van der Waals surface area contributed by atoms with Crippen LogP contribution in [0.5, 0.6) is 11.5 Å². The Hall–Kier alpha value is -2.15. The number of rotatable bonds is 11. The highest BCUT2D eigenvalue weighted by molar-refractivity contribution is 6.10. The minimum absolute atomic E-state index is 0.109. The Kier molecular flexibility index (Phi) is 10.1. The number of carbonyl (C=O) groups excluding carboxylic acids is 1. The predicted molar refractivity (Wildman–Crippen MR) is 144 cm³/mol. The van der Waals surface area contributed by atoms with E-state index in [2.05, 4.69) is 35.2 Å². The second-order valence-electron chi connectivity index (χ2n) is 11.6. The van der Waals surface area contributed by atoms with E-state index in [0.717, 1.165) is 44.3 Å². The quantitative estimate of drug-likeness (QED) is 0.297. The Morgan fingerprint density at radius 2 is 1.80 bits per heavy atom. The lowest BCUT2D eigenvalue weighted by molar-refractivity contribution is 0.0131. The fraction of sp³-hybridized carbons (Fsp3) is 0.679. The van der Waals surface area contributed by atoms with Crippen molar-refractivity contribution >= 4 is 13.9 Å². The molecule has 0 saturated heterocycles. The van der Waals surface area contributed by atoms with Crippen molar-refractivity contribution in [2.24, 2.45) is 5.41 Å². The first-order chi connectivity index (χ1) is 16.3. The smallest absolute Gasteiger partial charge is 0.410 e. The molecule has 7 heteroatoms. The van der Waals surface area contributed by atoms with E-state index in [4.69, 9.17) is 18.9 Å². The molecule has 2 rings (SSSR count). The van der Waals surface area contributed by atoms with E-state index >= 15 is 0 Å². The minimum atomic E-state index is -0.550. The van der Waals surface area contributed by atoms with E-state index in [9.17, 15) is 4.79 Å². The van der Waals surface area contributed by atoms with Crippen LogP contribution < -0.4 is 9.47 Å². The summed E-state index contributed by atoms with van der Waals surface area (Å²) < 4.78 is 22.6. The number of allylic oxidation sites excluding steroid dienone is 1. The number of carbonyl (C=O) groups is 1. The first-order valence-electron chi connectivity index (χ1n) is 12.8. The molecule has 0 saturated carbocycles. The van der Waals surface area contributed by atoms with Gasteiger partial charge in [0.15, 0.2) is 11.5 Å². The summed E-state index contributed by atoms with van der Waals surface area (Å²) in [5.41, 5.74) is 3.03. The molecule has 0 aliphatic carbocycles. The van der Waals surface area contributed by atoms with Gasteiger partial charge in [0.1, 0.15) is 13.4 Å². The van der Waals surface area contributed by atoms with Gasteiger partial charge < -0.3 is 23.8 Å². The Morgan fingerprint density at radius 1 is 1.17 bits per heavy atom. The Balaban J connectivity index is 2.22. The first kappa shape index (κ1) is 29.1. The molecule has 35 heavy (non-hydrogen) atoms. The molecule has 1 amide bonds. The number of methoxy groups -OCH3 is 2. The Bertz CT molecular complexity index is 875. The third-order valence-corrected chi connectivity index (χ3v) is 6.36. The fourth-order valence-corrected chi connectivity index (χ4v) is 4.64. The van der Waals surface area contributed by atoms with Crippen molar-refractivity contribution in [2.45, 2.75) is 91.3 Å². The molecule has 0 N–H and O–H groups in total. The average Bonchev–Trinajstić information content (AvgIpc) is 2.74. The summed E-state index contributed by atoms with van der Waals surface area (Å²) in [4.78, 5) is 15.0. The molecule has 1 aliphatic rings. The first-order valence-corrected chi connectivity index (χ1v) is 12.8. The summed E-state index contributed by atoms with van der Waals surface area (Å²) in [7, 11) is 5.35. The number of amides is 1. The van der Waals surface area contributed by atoms with Gasteiger partial charge in [-0.15, -0.1) is 0 Å². The molecule has 0 radical (unpaired) electrons. The maximum atomic E-state index is 13.2. The van der Waals surface area contributed by atoms with Gasteiger partial charge in [0, 0.05) is 19.2 Å². The van der Waals surface area contributed by atoms with Crippen LogP contribution in [-0.4, -0.2) is 57.8 Å². The number of nitrogens with zero attached hydrogens (tertiary/aromatic N) is 1. The van der Waals surface area contributed by atoms with E-state index in [0.29, 0.717) is 18.0 Å².